The van der Waals surface area contributed by atoms with Gasteiger partial charge in [0.05, 0.1) is 16.7 Å². The number of aromatic nitrogens is 4. The molecule has 0 aliphatic rings. The van der Waals surface area contributed by atoms with Gasteiger partial charge in [-0.05, 0) is 18.9 Å². The third-order valence-electron chi connectivity index (χ3n) is 3.02. The Hall–Kier alpha value is -2.57. The summed E-state index contributed by atoms with van der Waals surface area (Å²) in [5.41, 5.74) is 3.93. The van der Waals surface area contributed by atoms with Gasteiger partial charge in [0.2, 0.25) is 0 Å². The molecule has 0 aliphatic heterocycles. The summed E-state index contributed by atoms with van der Waals surface area (Å²) in [5, 5.41) is 0.204. The normalized spacial score (nSPS) is 12.1. The number of nitrogens with zero attached hydrogens (tertiary/aromatic N) is 2. The van der Waals surface area contributed by atoms with Gasteiger partial charge in [0.15, 0.2) is 0 Å². The zero-order chi connectivity index (χ0) is 15.6. The summed E-state index contributed by atoms with van der Waals surface area (Å²) in [6.45, 7) is 10.3. The minimum Gasteiger partial charge on any atom is -0.325 e. The monoisotopic (exact) mass is 289 g/mol. The Labute approximate surface area is 121 Å². The molecule has 0 fully saturated rings. The lowest BCUT2D eigenvalue weighted by Gasteiger charge is -2.12. The quantitative estimate of drug-likeness (QED) is 0.685. The zero-order valence-electron chi connectivity index (χ0n) is 12.4. The van der Waals surface area contributed by atoms with E-state index in [-0.39, 0.29) is 16.6 Å². The first-order chi connectivity index (χ1) is 9.93. The van der Waals surface area contributed by atoms with E-state index in [1.54, 1.807) is 12.4 Å². The van der Waals surface area contributed by atoms with Crippen molar-refractivity contribution < 1.29 is 0 Å². The molecular weight excluding hydrogens is 270 g/mol. The number of nitrogens with one attached hydrogen (secondary N) is 3. The summed E-state index contributed by atoms with van der Waals surface area (Å²) in [6.07, 6.45) is 3.23. The van der Waals surface area contributed by atoms with Crippen LogP contribution in [0.25, 0.3) is 12.7 Å². The first-order valence-electron chi connectivity index (χ1n) is 6.78. The van der Waals surface area contributed by atoms with E-state index < -0.39 is 11.1 Å². The number of aromatic amines is 2. The lowest BCUT2D eigenvalue weighted by Crippen LogP contribution is -2.46. The second kappa shape index (κ2) is 5.82. The molecule has 0 amide bonds. The Bertz CT molecular complexity index is 857. The van der Waals surface area contributed by atoms with E-state index in [2.05, 4.69) is 27.0 Å². The van der Waals surface area contributed by atoms with Crippen LogP contribution >= 0.6 is 0 Å². The summed E-state index contributed by atoms with van der Waals surface area (Å²) in [6, 6.07) is 0. The predicted molar refractivity (Wildman–Crippen MR) is 82.2 cm³/mol. The Morgan fingerprint density at radius 3 is 2.71 bits per heavy atom. The van der Waals surface area contributed by atoms with Crippen molar-refractivity contribution in [3.63, 3.8) is 0 Å². The maximum absolute atomic E-state index is 11.9. The highest BCUT2D eigenvalue weighted by molar-refractivity contribution is 5.47. The van der Waals surface area contributed by atoms with Gasteiger partial charge >= 0.3 is 0 Å². The molecule has 2 aromatic heterocycles. The predicted octanol–water partition coefficient (Wildman–Crippen LogP) is -0.814. The topological polar surface area (TPSA) is 95.6 Å². The molecule has 21 heavy (non-hydrogen) atoms. The molecule has 0 bridgehead atoms. The molecule has 7 nitrogen and oxygen atoms in total. The number of H-pyrrole nitrogens is 2. The molecule has 3 N–H and O–H groups in total. The highest BCUT2D eigenvalue weighted by atomic mass is 16.1. The van der Waals surface area contributed by atoms with Crippen molar-refractivity contribution in [3.05, 3.63) is 49.1 Å². The third-order valence-corrected chi connectivity index (χ3v) is 3.02. The highest BCUT2D eigenvalue weighted by Gasteiger charge is 2.12. The SMILES string of the molecule is C=c1[nH]c(=O)c(=Cc2ncn(NCC)c2C(C)C)[nH]c1=O. The molecule has 7 heteroatoms. The van der Waals surface area contributed by atoms with Crippen molar-refractivity contribution >= 4 is 12.7 Å². The Balaban J connectivity index is 2.66. The van der Waals surface area contributed by atoms with Gasteiger partial charge in [-0.25, -0.2) is 4.98 Å². The fourth-order valence-electron chi connectivity index (χ4n) is 2.11. The van der Waals surface area contributed by atoms with Crippen LogP contribution in [0.3, 0.4) is 0 Å². The Morgan fingerprint density at radius 2 is 2.10 bits per heavy atom. The van der Waals surface area contributed by atoms with Crippen molar-refractivity contribution in [1.29, 1.82) is 0 Å². The number of hydrogen-bond donors (Lipinski definition) is 3. The number of rotatable bonds is 4. The molecule has 112 valence electrons. The zero-order valence-corrected chi connectivity index (χ0v) is 12.4. The van der Waals surface area contributed by atoms with E-state index >= 15 is 0 Å². The molecule has 0 saturated carbocycles. The maximum Gasteiger partial charge on any atom is 0.272 e. The van der Waals surface area contributed by atoms with Crippen LogP contribution in [0.15, 0.2) is 15.9 Å². The Kier molecular flexibility index (Phi) is 4.11. The van der Waals surface area contributed by atoms with E-state index in [0.29, 0.717) is 5.69 Å². The van der Waals surface area contributed by atoms with Gasteiger partial charge in [-0.3, -0.25) is 14.3 Å². The molecule has 2 rings (SSSR count). The molecule has 0 aliphatic carbocycles. The van der Waals surface area contributed by atoms with E-state index in [4.69, 9.17) is 0 Å². The second-order valence-corrected chi connectivity index (χ2v) is 5.00. The molecule has 0 radical (unpaired) electrons. The minimum atomic E-state index is -0.418. The summed E-state index contributed by atoms with van der Waals surface area (Å²) in [7, 11) is 0. The first kappa shape index (κ1) is 14.8. The van der Waals surface area contributed by atoms with Gasteiger partial charge in [0, 0.05) is 6.54 Å². The molecule has 2 aromatic rings. The van der Waals surface area contributed by atoms with Crippen LogP contribution in [0.4, 0.5) is 0 Å². The van der Waals surface area contributed by atoms with E-state index in [0.717, 1.165) is 12.2 Å². The van der Waals surface area contributed by atoms with E-state index in [9.17, 15) is 9.59 Å². The van der Waals surface area contributed by atoms with Gasteiger partial charge < -0.3 is 15.4 Å². The standard InChI is InChI=1S/C14H19N5O2/c1-5-16-19-7-15-10(12(19)8(2)3)6-11-14(21)17-9(4)13(20)18-11/h6-8,16H,4-5H2,1-3H3,(H,17,21)(H,18,20). The van der Waals surface area contributed by atoms with Gasteiger partial charge in [0.25, 0.3) is 11.1 Å². The van der Waals surface area contributed by atoms with Crippen LogP contribution in [-0.4, -0.2) is 26.2 Å². The molecular formula is C14H19N5O2. The number of imidazole rings is 1. The van der Waals surface area contributed by atoms with Crippen LogP contribution in [0, 0.1) is 0 Å². The van der Waals surface area contributed by atoms with E-state index in [1.807, 2.05) is 25.4 Å². The number of hydrogen-bond acceptors (Lipinski definition) is 4. The lowest BCUT2D eigenvalue weighted by molar-refractivity contribution is 0.729. The highest BCUT2D eigenvalue weighted by Crippen LogP contribution is 2.18. The van der Waals surface area contributed by atoms with Crippen LogP contribution in [-0.2, 0) is 0 Å². The summed E-state index contributed by atoms with van der Waals surface area (Å²) < 4.78 is 1.83. The first-order valence-corrected chi connectivity index (χ1v) is 6.78. The minimum absolute atomic E-state index is 0.0411. The van der Waals surface area contributed by atoms with Gasteiger partial charge in [-0.2, -0.15) is 0 Å². The fourth-order valence-corrected chi connectivity index (χ4v) is 2.11. The average Bonchev–Trinajstić information content (AvgIpc) is 2.79. The molecule has 2 heterocycles. The van der Waals surface area contributed by atoms with Gasteiger partial charge in [-0.15, -0.1) is 0 Å². The van der Waals surface area contributed by atoms with Crippen LogP contribution in [0.5, 0.6) is 0 Å². The van der Waals surface area contributed by atoms with Crippen molar-refractivity contribution in [1.82, 2.24) is 19.6 Å². The summed E-state index contributed by atoms with van der Waals surface area (Å²) >= 11 is 0. The molecule has 0 atom stereocenters. The third kappa shape index (κ3) is 2.96. The molecule has 0 unspecified atom stereocenters. The van der Waals surface area contributed by atoms with Crippen LogP contribution in [0.2, 0.25) is 0 Å². The summed E-state index contributed by atoms with van der Waals surface area (Å²) in [4.78, 5) is 32.7. The van der Waals surface area contributed by atoms with Crippen molar-refractivity contribution in [2.24, 2.45) is 0 Å². The summed E-state index contributed by atoms with van der Waals surface area (Å²) in [5.74, 6) is 0.204. The van der Waals surface area contributed by atoms with Crippen molar-refractivity contribution in [2.45, 2.75) is 26.7 Å². The molecule has 0 aromatic carbocycles. The van der Waals surface area contributed by atoms with E-state index in [1.165, 1.54) is 0 Å². The van der Waals surface area contributed by atoms with Crippen LogP contribution < -0.4 is 27.2 Å². The average molecular weight is 289 g/mol. The van der Waals surface area contributed by atoms with Crippen LogP contribution in [0.1, 0.15) is 38.1 Å². The van der Waals surface area contributed by atoms with Gasteiger partial charge in [0.1, 0.15) is 11.7 Å². The lowest BCUT2D eigenvalue weighted by atomic mass is 10.1. The fraction of sp³-hybridized carbons (Fsp3) is 0.357. The van der Waals surface area contributed by atoms with Crippen molar-refractivity contribution in [2.75, 3.05) is 12.0 Å². The largest absolute Gasteiger partial charge is 0.325 e. The smallest absolute Gasteiger partial charge is 0.272 e. The maximum atomic E-state index is 11.9. The van der Waals surface area contributed by atoms with Gasteiger partial charge in [-0.1, -0.05) is 20.4 Å². The second-order valence-electron chi connectivity index (χ2n) is 5.00. The Morgan fingerprint density at radius 1 is 1.38 bits per heavy atom. The molecule has 0 spiro atoms. The van der Waals surface area contributed by atoms with Crippen molar-refractivity contribution in [3.8, 4) is 0 Å². The molecule has 0 saturated heterocycles.